The van der Waals surface area contributed by atoms with Crippen LogP contribution in [0.25, 0.3) is 10.9 Å². The fraction of sp³-hybridized carbons (Fsp3) is 0.312. The number of fused-ring (bicyclic) bond motifs is 1. The van der Waals surface area contributed by atoms with Gasteiger partial charge in [0.2, 0.25) is 0 Å². The third kappa shape index (κ3) is 4.89. The molecular weight excluding hydrogens is 335 g/mol. The first-order chi connectivity index (χ1) is 10.4. The fourth-order valence-corrected chi connectivity index (χ4v) is 2.11. The van der Waals surface area contributed by atoms with Crippen molar-refractivity contribution in [3.05, 3.63) is 40.5 Å². The molecule has 1 amide bonds. The Morgan fingerprint density at radius 2 is 2.09 bits per heavy atom. The lowest BCUT2D eigenvalue weighted by molar-refractivity contribution is -0.414. The number of aromatic nitrogens is 1. The van der Waals surface area contributed by atoms with E-state index in [1.165, 1.54) is 6.21 Å². The molecule has 0 aliphatic carbocycles. The number of carbonyl (C=O) groups excluding carboxylic acids is 1. The number of benzene rings is 1. The number of hydrazone groups is 1. The van der Waals surface area contributed by atoms with E-state index in [0.717, 1.165) is 16.5 Å². The second kappa shape index (κ2) is 8.24. The molecule has 5 nitrogen and oxygen atoms in total. The third-order valence-corrected chi connectivity index (χ3v) is 3.78. The molecule has 0 spiro atoms. The molecule has 0 saturated heterocycles. The average molecular weight is 355 g/mol. The van der Waals surface area contributed by atoms with Gasteiger partial charge in [-0.3, -0.25) is 4.79 Å². The van der Waals surface area contributed by atoms with Crippen LogP contribution in [0.4, 0.5) is 0 Å². The predicted molar refractivity (Wildman–Crippen MR) is 88.7 cm³/mol. The second-order valence-corrected chi connectivity index (χ2v) is 6.01. The summed E-state index contributed by atoms with van der Waals surface area (Å²) in [6, 6.07) is 7.51. The number of quaternary nitrogens is 1. The highest BCUT2D eigenvalue weighted by Gasteiger charge is 2.20. The highest BCUT2D eigenvalue weighted by atomic mass is 35.5. The van der Waals surface area contributed by atoms with E-state index in [1.807, 2.05) is 45.0 Å². The van der Waals surface area contributed by atoms with E-state index in [0.29, 0.717) is 10.7 Å². The van der Waals surface area contributed by atoms with Gasteiger partial charge >= 0.3 is 0 Å². The minimum atomic E-state index is -0.342. The summed E-state index contributed by atoms with van der Waals surface area (Å²) in [5, 5.41) is 5.27. The SMILES string of the molecule is Cc1ccc2cc(C=NNC(=O)[C@H]([NH3+])C(C)C)c(Cl)nc2c1.[Cl-]. The summed E-state index contributed by atoms with van der Waals surface area (Å²) in [6.45, 7) is 5.88. The van der Waals surface area contributed by atoms with Gasteiger partial charge in [-0.2, -0.15) is 5.10 Å². The largest absolute Gasteiger partial charge is 1.00 e. The number of aryl methyl sites for hydroxylation is 1. The average Bonchev–Trinajstić information content (AvgIpc) is 2.46. The van der Waals surface area contributed by atoms with Gasteiger partial charge in [-0.1, -0.05) is 37.6 Å². The van der Waals surface area contributed by atoms with Crippen molar-refractivity contribution in [2.45, 2.75) is 26.8 Å². The van der Waals surface area contributed by atoms with E-state index >= 15 is 0 Å². The molecule has 0 aliphatic rings. The number of hydrogen-bond donors (Lipinski definition) is 2. The van der Waals surface area contributed by atoms with E-state index in [1.54, 1.807) is 0 Å². The van der Waals surface area contributed by atoms with Gasteiger partial charge in [0.25, 0.3) is 5.91 Å². The molecule has 1 atom stereocenters. The standard InChI is InChI=1S/C16H19ClN4O.ClH/c1-9(2)14(18)16(22)21-19-8-12-7-11-5-4-10(3)6-13(11)20-15(12)17;/h4-9,14H,18H2,1-3H3,(H,21,22);1H/t14-;/m1./s1. The molecule has 0 bridgehead atoms. The molecule has 1 aromatic carbocycles. The van der Waals surface area contributed by atoms with Gasteiger partial charge in [0.1, 0.15) is 5.15 Å². The quantitative estimate of drug-likeness (QED) is 0.416. The number of amides is 1. The Balaban J connectivity index is 0.00000264. The predicted octanol–water partition coefficient (Wildman–Crippen LogP) is -1.08. The van der Waals surface area contributed by atoms with Crippen LogP contribution in [0.1, 0.15) is 25.0 Å². The van der Waals surface area contributed by atoms with Crippen LogP contribution in [-0.4, -0.2) is 23.1 Å². The molecule has 0 aliphatic heterocycles. The summed E-state index contributed by atoms with van der Waals surface area (Å²) in [5.74, 6) is -0.0592. The number of nitrogens with zero attached hydrogens (tertiary/aromatic N) is 2. The highest BCUT2D eigenvalue weighted by Crippen LogP contribution is 2.20. The van der Waals surface area contributed by atoms with Gasteiger partial charge in [-0.15, -0.1) is 0 Å². The van der Waals surface area contributed by atoms with Crippen LogP contribution in [0.5, 0.6) is 0 Å². The molecule has 23 heavy (non-hydrogen) atoms. The fourth-order valence-electron chi connectivity index (χ4n) is 1.91. The summed E-state index contributed by atoms with van der Waals surface area (Å²) in [4.78, 5) is 16.1. The molecule has 2 rings (SSSR count). The maximum absolute atomic E-state index is 11.8. The summed E-state index contributed by atoms with van der Waals surface area (Å²) >= 11 is 6.16. The second-order valence-electron chi connectivity index (χ2n) is 5.65. The monoisotopic (exact) mass is 354 g/mol. The van der Waals surface area contributed by atoms with Crippen molar-refractivity contribution in [1.29, 1.82) is 0 Å². The smallest absolute Gasteiger partial charge is 0.298 e. The Hall–Kier alpha value is -1.69. The minimum absolute atomic E-state index is 0. The Bertz CT molecular complexity index is 731. The number of hydrogen-bond acceptors (Lipinski definition) is 3. The zero-order valence-corrected chi connectivity index (χ0v) is 14.8. The van der Waals surface area contributed by atoms with Gasteiger partial charge in [-0.25, -0.2) is 10.4 Å². The van der Waals surface area contributed by atoms with Crippen molar-refractivity contribution in [3.63, 3.8) is 0 Å². The van der Waals surface area contributed by atoms with E-state index in [9.17, 15) is 4.79 Å². The molecule has 0 fully saturated rings. The number of carbonyl (C=O) groups is 1. The van der Waals surface area contributed by atoms with Crippen molar-refractivity contribution in [2.75, 3.05) is 0 Å². The molecule has 0 saturated carbocycles. The zero-order valence-electron chi connectivity index (χ0n) is 13.3. The number of rotatable bonds is 4. The van der Waals surface area contributed by atoms with Gasteiger partial charge in [0.15, 0.2) is 6.04 Å². The Morgan fingerprint density at radius 1 is 1.39 bits per heavy atom. The van der Waals surface area contributed by atoms with Crippen LogP contribution >= 0.6 is 11.6 Å². The summed E-state index contributed by atoms with van der Waals surface area (Å²) < 4.78 is 0. The van der Waals surface area contributed by atoms with Gasteiger partial charge < -0.3 is 18.1 Å². The van der Waals surface area contributed by atoms with E-state index in [-0.39, 0.29) is 30.3 Å². The molecule has 0 unspecified atom stereocenters. The van der Waals surface area contributed by atoms with Crippen LogP contribution in [0.2, 0.25) is 5.15 Å². The molecule has 1 heterocycles. The van der Waals surface area contributed by atoms with Crippen LogP contribution in [0.15, 0.2) is 29.4 Å². The Labute approximate surface area is 146 Å². The number of nitrogens with one attached hydrogen (secondary N) is 1. The van der Waals surface area contributed by atoms with Crippen LogP contribution in [-0.2, 0) is 4.79 Å². The van der Waals surface area contributed by atoms with E-state index in [4.69, 9.17) is 11.6 Å². The maximum Gasteiger partial charge on any atom is 0.298 e. The Morgan fingerprint density at radius 3 is 2.74 bits per heavy atom. The lowest BCUT2D eigenvalue weighted by Gasteiger charge is -2.09. The lowest BCUT2D eigenvalue weighted by Crippen LogP contribution is -3.00. The normalized spacial score (nSPS) is 12.4. The molecule has 1 aromatic heterocycles. The van der Waals surface area contributed by atoms with Gasteiger partial charge in [-0.05, 0) is 24.6 Å². The van der Waals surface area contributed by atoms with E-state index < -0.39 is 0 Å². The van der Waals surface area contributed by atoms with Crippen LogP contribution in [0, 0.1) is 12.8 Å². The van der Waals surface area contributed by atoms with Crippen molar-refractivity contribution >= 4 is 34.6 Å². The summed E-state index contributed by atoms with van der Waals surface area (Å²) in [5.41, 5.74) is 8.90. The first kappa shape index (κ1) is 19.4. The molecule has 124 valence electrons. The number of pyridine rings is 1. The highest BCUT2D eigenvalue weighted by molar-refractivity contribution is 6.32. The Kier molecular flexibility index (Phi) is 6.94. The van der Waals surface area contributed by atoms with Crippen LogP contribution < -0.4 is 23.6 Å². The topological polar surface area (TPSA) is 82.0 Å². The first-order valence-electron chi connectivity index (χ1n) is 7.11. The first-order valence-corrected chi connectivity index (χ1v) is 7.49. The third-order valence-electron chi connectivity index (χ3n) is 3.47. The van der Waals surface area contributed by atoms with Gasteiger partial charge in [0, 0.05) is 16.9 Å². The van der Waals surface area contributed by atoms with Crippen molar-refractivity contribution in [3.8, 4) is 0 Å². The molecule has 0 radical (unpaired) electrons. The van der Waals surface area contributed by atoms with Crippen LogP contribution in [0.3, 0.4) is 0 Å². The van der Waals surface area contributed by atoms with E-state index in [2.05, 4.69) is 21.2 Å². The summed E-state index contributed by atoms with van der Waals surface area (Å²) in [7, 11) is 0. The maximum atomic E-state index is 11.8. The van der Waals surface area contributed by atoms with Crippen molar-refractivity contribution in [2.24, 2.45) is 11.0 Å². The molecule has 7 heteroatoms. The van der Waals surface area contributed by atoms with Crippen molar-refractivity contribution < 1.29 is 22.9 Å². The summed E-state index contributed by atoms with van der Waals surface area (Å²) in [6.07, 6.45) is 1.50. The zero-order chi connectivity index (χ0) is 16.3. The minimum Gasteiger partial charge on any atom is -1.00 e. The van der Waals surface area contributed by atoms with Gasteiger partial charge in [0.05, 0.1) is 11.7 Å². The lowest BCUT2D eigenvalue weighted by atomic mass is 10.1. The molecule has 2 aromatic rings. The molecular formula is C16H20Cl2N4O. The number of halogens is 2. The molecule has 4 N–H and O–H groups in total. The van der Waals surface area contributed by atoms with Crippen molar-refractivity contribution in [1.82, 2.24) is 10.4 Å².